The second kappa shape index (κ2) is 4.29. The van der Waals surface area contributed by atoms with Crippen LogP contribution in [0.1, 0.15) is 6.42 Å². The van der Waals surface area contributed by atoms with Gasteiger partial charge in [0.05, 0.1) is 13.2 Å². The summed E-state index contributed by atoms with van der Waals surface area (Å²) in [4.78, 5) is 0. The molecule has 0 N–H and O–H groups in total. The van der Waals surface area contributed by atoms with Gasteiger partial charge in [0.15, 0.2) is 16.1 Å². The largest absolute Gasteiger partial charge is 0.485 e. The lowest BCUT2D eigenvalue weighted by Gasteiger charge is -2.11. The van der Waals surface area contributed by atoms with Crippen LogP contribution >= 0.6 is 23.2 Å². The third-order valence-electron chi connectivity index (χ3n) is 1.87. The molecule has 76 valence electrons. The van der Waals surface area contributed by atoms with Crippen LogP contribution in [0.25, 0.3) is 0 Å². The molecule has 0 radical (unpaired) electrons. The van der Waals surface area contributed by atoms with Gasteiger partial charge in [0, 0.05) is 12.5 Å². The van der Waals surface area contributed by atoms with Gasteiger partial charge in [-0.2, -0.15) is 0 Å². The van der Waals surface area contributed by atoms with Crippen molar-refractivity contribution in [3.05, 3.63) is 16.4 Å². The molecule has 1 saturated heterocycles. The Morgan fingerprint density at radius 2 is 2.29 bits per heavy atom. The lowest BCUT2D eigenvalue weighted by atomic mass is 10.3. The SMILES string of the molecule is Clc1cc(OC2CCOC2)c(Cl)nn1. The maximum atomic E-state index is 5.78. The normalized spacial score (nSPS) is 21.1. The van der Waals surface area contributed by atoms with Crippen LogP contribution < -0.4 is 4.74 Å². The number of halogens is 2. The Bertz CT molecular complexity index is 329. The van der Waals surface area contributed by atoms with Crippen molar-refractivity contribution in [1.82, 2.24) is 10.2 Å². The third kappa shape index (κ3) is 2.26. The Balaban J connectivity index is 2.10. The van der Waals surface area contributed by atoms with Crippen molar-refractivity contribution in [3.8, 4) is 5.75 Å². The third-order valence-corrected chi connectivity index (χ3v) is 2.31. The maximum absolute atomic E-state index is 5.78. The average Bonchev–Trinajstić information content (AvgIpc) is 2.64. The zero-order valence-corrected chi connectivity index (χ0v) is 8.75. The molecule has 0 aliphatic carbocycles. The molecule has 0 amide bonds. The van der Waals surface area contributed by atoms with E-state index < -0.39 is 0 Å². The summed E-state index contributed by atoms with van der Waals surface area (Å²) in [6, 6.07) is 1.55. The van der Waals surface area contributed by atoms with E-state index in [0.717, 1.165) is 6.42 Å². The van der Waals surface area contributed by atoms with Gasteiger partial charge in [-0.05, 0) is 0 Å². The van der Waals surface area contributed by atoms with Crippen LogP contribution in [0.2, 0.25) is 10.3 Å². The molecule has 1 fully saturated rings. The van der Waals surface area contributed by atoms with Gasteiger partial charge in [-0.15, -0.1) is 10.2 Å². The highest BCUT2D eigenvalue weighted by molar-refractivity contribution is 6.32. The molecule has 1 aliphatic heterocycles. The van der Waals surface area contributed by atoms with Gasteiger partial charge >= 0.3 is 0 Å². The molecule has 1 aromatic heterocycles. The molecule has 0 bridgehead atoms. The Kier molecular flexibility index (Phi) is 3.05. The molecule has 4 nitrogen and oxygen atoms in total. The fourth-order valence-electron chi connectivity index (χ4n) is 1.21. The minimum atomic E-state index is 0.0350. The molecule has 2 heterocycles. The molecule has 0 spiro atoms. The monoisotopic (exact) mass is 234 g/mol. The van der Waals surface area contributed by atoms with E-state index in [4.69, 9.17) is 32.7 Å². The van der Waals surface area contributed by atoms with E-state index in [1.165, 1.54) is 0 Å². The standard InChI is InChI=1S/C8H8Cl2N2O2/c9-7-3-6(8(10)12-11-7)14-5-1-2-13-4-5/h3,5H,1-2,4H2. The summed E-state index contributed by atoms with van der Waals surface area (Å²) in [6.45, 7) is 1.30. The molecular formula is C8H8Cl2N2O2. The highest BCUT2D eigenvalue weighted by Crippen LogP contribution is 2.25. The summed E-state index contributed by atoms with van der Waals surface area (Å²) in [5.41, 5.74) is 0. The first-order valence-electron chi connectivity index (χ1n) is 4.19. The molecule has 0 aromatic carbocycles. The minimum Gasteiger partial charge on any atom is -0.485 e. The molecule has 1 unspecified atom stereocenters. The molecule has 6 heteroatoms. The lowest BCUT2D eigenvalue weighted by molar-refractivity contribution is 0.141. The van der Waals surface area contributed by atoms with Crippen LogP contribution in [-0.4, -0.2) is 29.5 Å². The number of ether oxygens (including phenoxy) is 2. The van der Waals surface area contributed by atoms with E-state index in [9.17, 15) is 0 Å². The number of nitrogens with zero attached hydrogens (tertiary/aromatic N) is 2. The molecule has 1 atom stereocenters. The van der Waals surface area contributed by atoms with Crippen molar-refractivity contribution >= 4 is 23.2 Å². The van der Waals surface area contributed by atoms with Gasteiger partial charge in [-0.1, -0.05) is 23.2 Å². The number of rotatable bonds is 2. The Hall–Kier alpha value is -0.580. The van der Waals surface area contributed by atoms with Gasteiger partial charge in [-0.25, -0.2) is 0 Å². The minimum absolute atomic E-state index is 0.0350. The molecule has 0 saturated carbocycles. The Morgan fingerprint density at radius 3 is 3.00 bits per heavy atom. The van der Waals surface area contributed by atoms with E-state index in [1.807, 2.05) is 0 Å². The van der Waals surface area contributed by atoms with Crippen LogP contribution in [-0.2, 0) is 4.74 Å². The number of hydrogen-bond acceptors (Lipinski definition) is 4. The van der Waals surface area contributed by atoms with Crippen molar-refractivity contribution in [2.45, 2.75) is 12.5 Å². The highest BCUT2D eigenvalue weighted by atomic mass is 35.5. The fourth-order valence-corrected chi connectivity index (χ4v) is 1.48. The summed E-state index contributed by atoms with van der Waals surface area (Å²) in [7, 11) is 0. The first-order valence-corrected chi connectivity index (χ1v) is 4.94. The zero-order valence-electron chi connectivity index (χ0n) is 7.24. The van der Waals surface area contributed by atoms with Crippen molar-refractivity contribution in [2.75, 3.05) is 13.2 Å². The lowest BCUT2D eigenvalue weighted by Crippen LogP contribution is -2.16. The van der Waals surface area contributed by atoms with E-state index >= 15 is 0 Å². The van der Waals surface area contributed by atoms with Gasteiger partial charge in [0.25, 0.3) is 0 Å². The van der Waals surface area contributed by atoms with E-state index in [1.54, 1.807) is 6.07 Å². The van der Waals surface area contributed by atoms with Crippen LogP contribution in [0.15, 0.2) is 6.07 Å². The summed E-state index contributed by atoms with van der Waals surface area (Å²) >= 11 is 11.4. The van der Waals surface area contributed by atoms with Crippen LogP contribution in [0.4, 0.5) is 0 Å². The summed E-state index contributed by atoms with van der Waals surface area (Å²) < 4.78 is 10.7. The van der Waals surface area contributed by atoms with Crippen molar-refractivity contribution in [1.29, 1.82) is 0 Å². The number of aromatic nitrogens is 2. The molecule has 2 rings (SSSR count). The van der Waals surface area contributed by atoms with Crippen molar-refractivity contribution < 1.29 is 9.47 Å². The van der Waals surface area contributed by atoms with Gasteiger partial charge in [0.1, 0.15) is 6.10 Å². The molecular weight excluding hydrogens is 227 g/mol. The van der Waals surface area contributed by atoms with Gasteiger partial charge < -0.3 is 9.47 Å². The molecule has 1 aliphatic rings. The fraction of sp³-hybridized carbons (Fsp3) is 0.500. The molecule has 14 heavy (non-hydrogen) atoms. The quantitative estimate of drug-likeness (QED) is 0.785. The summed E-state index contributed by atoms with van der Waals surface area (Å²) in [6.07, 6.45) is 0.892. The summed E-state index contributed by atoms with van der Waals surface area (Å²) in [5, 5.41) is 7.71. The second-order valence-corrected chi connectivity index (χ2v) is 3.67. The Labute approximate surface area is 91.1 Å². The first kappa shape index (κ1) is 9.96. The van der Waals surface area contributed by atoms with Gasteiger partial charge in [-0.3, -0.25) is 0 Å². The van der Waals surface area contributed by atoms with Crippen LogP contribution in [0.5, 0.6) is 5.75 Å². The van der Waals surface area contributed by atoms with Gasteiger partial charge in [0.2, 0.25) is 0 Å². The Morgan fingerprint density at radius 1 is 1.43 bits per heavy atom. The van der Waals surface area contributed by atoms with Crippen molar-refractivity contribution in [2.24, 2.45) is 0 Å². The van der Waals surface area contributed by atoms with E-state index in [2.05, 4.69) is 10.2 Å². The predicted octanol–water partition coefficient (Wildman–Crippen LogP) is 1.95. The highest BCUT2D eigenvalue weighted by Gasteiger charge is 2.19. The zero-order chi connectivity index (χ0) is 9.97. The van der Waals surface area contributed by atoms with Crippen molar-refractivity contribution in [3.63, 3.8) is 0 Å². The van der Waals surface area contributed by atoms with Crippen LogP contribution in [0, 0.1) is 0 Å². The topological polar surface area (TPSA) is 44.2 Å². The van der Waals surface area contributed by atoms with E-state index in [-0.39, 0.29) is 16.4 Å². The molecule has 1 aromatic rings. The smallest absolute Gasteiger partial charge is 0.193 e. The average molecular weight is 235 g/mol. The predicted molar refractivity (Wildman–Crippen MR) is 51.9 cm³/mol. The maximum Gasteiger partial charge on any atom is 0.193 e. The first-order chi connectivity index (χ1) is 6.75. The number of hydrogen-bond donors (Lipinski definition) is 0. The summed E-state index contributed by atoms with van der Waals surface area (Å²) in [5.74, 6) is 0.460. The second-order valence-electron chi connectivity index (χ2n) is 2.93. The van der Waals surface area contributed by atoms with Crippen LogP contribution in [0.3, 0.4) is 0 Å². The van der Waals surface area contributed by atoms with E-state index in [0.29, 0.717) is 19.0 Å².